The Kier molecular flexibility index (Phi) is 13.4. The second-order valence-electron chi connectivity index (χ2n) is 5.96. The molecule has 0 radical (unpaired) electrons. The third kappa shape index (κ3) is 9.94. The molecule has 0 unspecified atom stereocenters. The molecule has 0 aliphatic heterocycles. The van der Waals surface area contributed by atoms with Crippen molar-refractivity contribution < 1.29 is 38.2 Å². The molecule has 0 saturated carbocycles. The van der Waals surface area contributed by atoms with Gasteiger partial charge in [-0.25, -0.2) is 9.59 Å². The summed E-state index contributed by atoms with van der Waals surface area (Å²) in [5.74, 6) is -3.15. The van der Waals surface area contributed by atoms with Crippen LogP contribution in [0.4, 0.5) is 0 Å². The van der Waals surface area contributed by atoms with Gasteiger partial charge in [0.1, 0.15) is 13.2 Å². The minimum absolute atomic E-state index is 0.0733. The van der Waals surface area contributed by atoms with Crippen molar-refractivity contribution in [3.63, 3.8) is 0 Å². The number of ether oxygens (including phenoxy) is 2. The van der Waals surface area contributed by atoms with Crippen molar-refractivity contribution in [1.29, 1.82) is 0 Å². The van der Waals surface area contributed by atoms with Gasteiger partial charge in [0.05, 0.1) is 13.1 Å². The number of hydrogen-bond donors (Lipinski definition) is 0. The Labute approximate surface area is 176 Å². The predicted octanol–water partition coefficient (Wildman–Crippen LogP) is 0.979. The number of imide groups is 2. The van der Waals surface area contributed by atoms with Crippen molar-refractivity contribution in [1.82, 2.24) is 9.80 Å². The van der Waals surface area contributed by atoms with Gasteiger partial charge in [0, 0.05) is 37.8 Å². The quantitative estimate of drug-likeness (QED) is 0.334. The summed E-state index contributed by atoms with van der Waals surface area (Å²) in [4.78, 5) is 72.2. The van der Waals surface area contributed by atoms with Gasteiger partial charge in [-0.05, 0) is 0 Å². The van der Waals surface area contributed by atoms with Crippen LogP contribution in [0.2, 0.25) is 0 Å². The standard InChI is InChI=1S/C20H30N2O8/c1-5-15(23)21(16(24)6-2)11-13-29-19(27)9-10-20(28)30-14-12-22(17(25)7-3)18(26)8-4/h9-10H,5-8,11-14H2,1-4H3/b10-9+. The first-order valence-corrected chi connectivity index (χ1v) is 9.89. The molecule has 30 heavy (non-hydrogen) atoms. The van der Waals surface area contributed by atoms with E-state index in [1.54, 1.807) is 27.7 Å². The van der Waals surface area contributed by atoms with Crippen LogP contribution in [-0.2, 0) is 38.2 Å². The summed E-state index contributed by atoms with van der Waals surface area (Å²) in [6, 6.07) is 0. The van der Waals surface area contributed by atoms with Gasteiger partial charge < -0.3 is 9.47 Å². The molecule has 0 heterocycles. The fourth-order valence-corrected chi connectivity index (χ4v) is 2.25. The first-order chi connectivity index (χ1) is 14.2. The van der Waals surface area contributed by atoms with Gasteiger partial charge in [-0.1, -0.05) is 27.7 Å². The highest BCUT2D eigenvalue weighted by molar-refractivity contribution is 5.96. The van der Waals surface area contributed by atoms with E-state index in [1.807, 2.05) is 0 Å². The van der Waals surface area contributed by atoms with Crippen molar-refractivity contribution >= 4 is 35.6 Å². The molecule has 0 atom stereocenters. The number of carbonyl (C=O) groups excluding carboxylic acids is 6. The average molecular weight is 426 g/mol. The molecule has 0 aromatic carbocycles. The van der Waals surface area contributed by atoms with Gasteiger partial charge in [0.2, 0.25) is 23.6 Å². The van der Waals surface area contributed by atoms with Crippen LogP contribution in [-0.4, -0.2) is 71.7 Å². The van der Waals surface area contributed by atoms with E-state index >= 15 is 0 Å². The fourth-order valence-electron chi connectivity index (χ4n) is 2.25. The second kappa shape index (κ2) is 14.9. The minimum atomic E-state index is -0.844. The summed E-state index contributed by atoms with van der Waals surface area (Å²) in [6.07, 6.45) is 2.30. The first kappa shape index (κ1) is 27.0. The van der Waals surface area contributed by atoms with E-state index in [4.69, 9.17) is 9.47 Å². The second-order valence-corrected chi connectivity index (χ2v) is 5.96. The molecule has 0 aromatic rings. The van der Waals surface area contributed by atoms with Crippen LogP contribution < -0.4 is 0 Å². The molecule has 0 aromatic heterocycles. The lowest BCUT2D eigenvalue weighted by atomic mass is 10.3. The molecule has 10 heteroatoms. The van der Waals surface area contributed by atoms with E-state index in [1.165, 1.54) is 0 Å². The lowest BCUT2D eigenvalue weighted by molar-refractivity contribution is -0.149. The van der Waals surface area contributed by atoms with Crippen LogP contribution in [0.3, 0.4) is 0 Å². The molecule has 0 bridgehead atoms. The number of nitrogens with zero attached hydrogens (tertiary/aromatic N) is 2. The van der Waals surface area contributed by atoms with E-state index in [0.29, 0.717) is 0 Å². The summed E-state index contributed by atoms with van der Waals surface area (Å²) in [6.45, 7) is 5.92. The summed E-state index contributed by atoms with van der Waals surface area (Å²) < 4.78 is 9.74. The lowest BCUT2D eigenvalue weighted by Gasteiger charge is -2.19. The monoisotopic (exact) mass is 426 g/mol. The Morgan fingerprint density at radius 1 is 0.567 bits per heavy atom. The Morgan fingerprint density at radius 3 is 1.07 bits per heavy atom. The lowest BCUT2D eigenvalue weighted by Crippen LogP contribution is -2.38. The maximum Gasteiger partial charge on any atom is 0.331 e. The van der Waals surface area contributed by atoms with Gasteiger partial charge in [0.15, 0.2) is 0 Å². The van der Waals surface area contributed by atoms with Crippen molar-refractivity contribution in [2.75, 3.05) is 26.3 Å². The molecule has 4 amide bonds. The third-order valence-corrected chi connectivity index (χ3v) is 3.89. The average Bonchev–Trinajstić information content (AvgIpc) is 2.76. The highest BCUT2D eigenvalue weighted by atomic mass is 16.5. The maximum absolute atomic E-state index is 11.7. The van der Waals surface area contributed by atoms with Crippen molar-refractivity contribution in [3.05, 3.63) is 12.2 Å². The fraction of sp³-hybridized carbons (Fsp3) is 0.600. The number of amides is 4. The van der Waals surface area contributed by atoms with E-state index in [0.717, 1.165) is 22.0 Å². The molecular formula is C20H30N2O8. The third-order valence-electron chi connectivity index (χ3n) is 3.89. The normalized spacial score (nSPS) is 10.4. The number of hydrogen-bond acceptors (Lipinski definition) is 8. The Balaban J connectivity index is 4.43. The summed E-state index contributed by atoms with van der Waals surface area (Å²) in [5, 5.41) is 0. The van der Waals surface area contributed by atoms with Crippen LogP contribution >= 0.6 is 0 Å². The zero-order chi connectivity index (χ0) is 23.1. The van der Waals surface area contributed by atoms with Crippen molar-refractivity contribution in [2.45, 2.75) is 53.4 Å². The van der Waals surface area contributed by atoms with E-state index in [2.05, 4.69) is 0 Å². The minimum Gasteiger partial charge on any atom is -0.461 e. The van der Waals surface area contributed by atoms with Crippen LogP contribution in [0, 0.1) is 0 Å². The molecule has 0 rings (SSSR count). The molecule has 0 saturated heterocycles. The van der Waals surface area contributed by atoms with E-state index < -0.39 is 11.9 Å². The van der Waals surface area contributed by atoms with Crippen LogP contribution in [0.1, 0.15) is 53.4 Å². The number of carbonyl (C=O) groups is 6. The predicted molar refractivity (Wildman–Crippen MR) is 106 cm³/mol. The van der Waals surface area contributed by atoms with Crippen LogP contribution in [0.25, 0.3) is 0 Å². The van der Waals surface area contributed by atoms with Crippen molar-refractivity contribution in [2.24, 2.45) is 0 Å². The molecule has 0 fully saturated rings. The topological polar surface area (TPSA) is 127 Å². The first-order valence-electron chi connectivity index (χ1n) is 9.89. The van der Waals surface area contributed by atoms with Gasteiger partial charge in [0.25, 0.3) is 0 Å². The van der Waals surface area contributed by atoms with Gasteiger partial charge >= 0.3 is 11.9 Å². The van der Waals surface area contributed by atoms with Crippen LogP contribution in [0.15, 0.2) is 12.2 Å². The highest BCUT2D eigenvalue weighted by Gasteiger charge is 2.19. The summed E-state index contributed by atoms with van der Waals surface area (Å²) in [5.41, 5.74) is 0. The molecule has 168 valence electrons. The zero-order valence-electron chi connectivity index (χ0n) is 18.0. The van der Waals surface area contributed by atoms with Gasteiger partial charge in [-0.2, -0.15) is 0 Å². The highest BCUT2D eigenvalue weighted by Crippen LogP contribution is 2.00. The van der Waals surface area contributed by atoms with E-state index in [9.17, 15) is 28.8 Å². The molecule has 10 nitrogen and oxygen atoms in total. The number of esters is 2. The molecule has 0 N–H and O–H groups in total. The molecule has 0 spiro atoms. The van der Waals surface area contributed by atoms with Crippen LogP contribution in [0.5, 0.6) is 0 Å². The number of rotatable bonds is 12. The Hall–Kier alpha value is -3.04. The molecule has 0 aliphatic rings. The van der Waals surface area contributed by atoms with Gasteiger partial charge in [-0.3, -0.25) is 29.0 Å². The summed E-state index contributed by atoms with van der Waals surface area (Å²) in [7, 11) is 0. The Morgan fingerprint density at radius 2 is 0.833 bits per heavy atom. The van der Waals surface area contributed by atoms with E-state index in [-0.39, 0.29) is 75.6 Å². The maximum atomic E-state index is 11.7. The smallest absolute Gasteiger partial charge is 0.331 e. The molecular weight excluding hydrogens is 396 g/mol. The SMILES string of the molecule is CCC(=O)N(CCOC(=O)/C=C/C(=O)OCCN(C(=O)CC)C(=O)CC)C(=O)CC. The Bertz CT molecular complexity index is 584. The molecule has 0 aliphatic carbocycles. The zero-order valence-corrected chi connectivity index (χ0v) is 18.0. The summed E-state index contributed by atoms with van der Waals surface area (Å²) >= 11 is 0. The largest absolute Gasteiger partial charge is 0.461 e. The van der Waals surface area contributed by atoms with Gasteiger partial charge in [-0.15, -0.1) is 0 Å². The van der Waals surface area contributed by atoms with Crippen molar-refractivity contribution in [3.8, 4) is 0 Å².